The Bertz CT molecular complexity index is 1680. The Kier molecular flexibility index (Phi) is 6.90. The van der Waals surface area contributed by atoms with Crippen LogP contribution in [-0.4, -0.2) is 53.7 Å². The Morgan fingerprint density at radius 1 is 1.24 bits per heavy atom. The first-order chi connectivity index (χ1) is 18.0. The molecule has 1 N–H and O–H groups in total. The van der Waals surface area contributed by atoms with E-state index in [9.17, 15) is 18.1 Å². The molecule has 38 heavy (non-hydrogen) atoms. The molecule has 1 fully saturated rings. The van der Waals surface area contributed by atoms with Gasteiger partial charge in [-0.3, -0.25) is 10.1 Å². The fourth-order valence-corrected chi connectivity index (χ4v) is 6.32. The molecule has 0 saturated carbocycles. The fourth-order valence-electron chi connectivity index (χ4n) is 4.59. The number of sulfone groups is 1. The van der Waals surface area contributed by atoms with E-state index in [0.717, 1.165) is 0 Å². The first-order valence-corrected chi connectivity index (χ1v) is 14.3. The monoisotopic (exact) mass is 574 g/mol. The summed E-state index contributed by atoms with van der Waals surface area (Å²) in [6, 6.07) is 6.61. The Labute approximate surface area is 228 Å². The molecular formula is C25H21Cl2FN6O3S. The molecule has 5 rings (SSSR count). The van der Waals surface area contributed by atoms with Crippen LogP contribution in [0.2, 0.25) is 10.0 Å². The minimum Gasteiger partial charge on any atom is -0.483 e. The van der Waals surface area contributed by atoms with Crippen molar-refractivity contribution in [3.8, 4) is 23.1 Å². The average Bonchev–Trinajstić information content (AvgIpc) is 3.23. The lowest BCUT2D eigenvalue weighted by Crippen LogP contribution is -2.50. The number of H-pyrrole nitrogens is 1. The lowest BCUT2D eigenvalue weighted by atomic mass is 10.0. The molecule has 3 aromatic heterocycles. The van der Waals surface area contributed by atoms with Gasteiger partial charge in [-0.05, 0) is 19.1 Å². The van der Waals surface area contributed by atoms with Gasteiger partial charge in [0, 0.05) is 66.4 Å². The molecule has 1 aliphatic rings. The summed E-state index contributed by atoms with van der Waals surface area (Å²) in [6.45, 7) is 2.71. The second-order valence-corrected chi connectivity index (χ2v) is 12.2. The van der Waals surface area contributed by atoms with Gasteiger partial charge in [0.25, 0.3) is 0 Å². The maximum atomic E-state index is 14.9. The van der Waals surface area contributed by atoms with Gasteiger partial charge in [-0.15, -0.1) is 0 Å². The Balaban J connectivity index is 1.44. The number of aromatic nitrogens is 4. The van der Waals surface area contributed by atoms with Gasteiger partial charge in [0.1, 0.15) is 33.5 Å². The van der Waals surface area contributed by atoms with Gasteiger partial charge in [-0.1, -0.05) is 23.2 Å². The minimum atomic E-state index is -3.07. The number of halogens is 3. The number of hydrogen-bond donors (Lipinski definition) is 1. The Hall–Kier alpha value is -3.46. The van der Waals surface area contributed by atoms with E-state index in [1.165, 1.54) is 30.8 Å². The van der Waals surface area contributed by atoms with Crippen LogP contribution in [-0.2, 0) is 9.84 Å². The van der Waals surface area contributed by atoms with Crippen LogP contribution in [0.15, 0.2) is 36.8 Å². The summed E-state index contributed by atoms with van der Waals surface area (Å²) in [6.07, 6.45) is 5.00. The number of nitrogens with zero attached hydrogens (tertiary/aromatic N) is 5. The van der Waals surface area contributed by atoms with Gasteiger partial charge in [0.05, 0.1) is 26.9 Å². The van der Waals surface area contributed by atoms with Crippen LogP contribution in [0, 0.1) is 23.1 Å². The standard InChI is InChI=1S/C25H21Cl2FN6O3S/c1-13(23-18(26)8-30-9-19(23)27)37-22-4-17-21(5-20(22)28)32-33-24(17)16-3-15(6-29)25(31-7-16)34-10-14(11-34)12-38(2,35)36/h3-5,7-9,13-14H,10-12H2,1-2H3,(H,32,33)/t13-/m1/s1. The molecule has 0 unspecified atom stereocenters. The molecule has 0 aliphatic carbocycles. The molecule has 13 heteroatoms. The quantitative estimate of drug-likeness (QED) is 0.328. The molecule has 0 spiro atoms. The van der Waals surface area contributed by atoms with Crippen molar-refractivity contribution in [2.75, 3.05) is 30.0 Å². The van der Waals surface area contributed by atoms with E-state index in [1.807, 2.05) is 4.90 Å². The van der Waals surface area contributed by atoms with Crippen molar-refractivity contribution in [1.82, 2.24) is 20.2 Å². The zero-order chi connectivity index (χ0) is 27.2. The smallest absolute Gasteiger partial charge is 0.167 e. The molecule has 4 heterocycles. The maximum absolute atomic E-state index is 14.9. The van der Waals surface area contributed by atoms with E-state index in [1.54, 1.807) is 19.2 Å². The molecule has 1 saturated heterocycles. The number of hydrogen-bond acceptors (Lipinski definition) is 8. The summed E-state index contributed by atoms with van der Waals surface area (Å²) in [5.74, 6) is -0.0496. The Morgan fingerprint density at radius 3 is 2.61 bits per heavy atom. The number of fused-ring (bicyclic) bond motifs is 1. The van der Waals surface area contributed by atoms with Gasteiger partial charge in [0.15, 0.2) is 11.6 Å². The summed E-state index contributed by atoms with van der Waals surface area (Å²) >= 11 is 12.5. The van der Waals surface area contributed by atoms with Crippen molar-refractivity contribution in [2.24, 2.45) is 5.92 Å². The molecule has 0 amide bonds. The predicted octanol–water partition coefficient (Wildman–Crippen LogP) is 4.96. The second kappa shape index (κ2) is 10.0. The van der Waals surface area contributed by atoms with E-state index in [4.69, 9.17) is 27.9 Å². The Morgan fingerprint density at radius 2 is 1.95 bits per heavy atom. The number of nitrogens with one attached hydrogen (secondary N) is 1. The molecular weight excluding hydrogens is 554 g/mol. The van der Waals surface area contributed by atoms with Crippen LogP contribution in [0.1, 0.15) is 24.2 Å². The van der Waals surface area contributed by atoms with E-state index in [2.05, 4.69) is 26.2 Å². The largest absolute Gasteiger partial charge is 0.483 e. The molecule has 1 aromatic carbocycles. The highest BCUT2D eigenvalue weighted by molar-refractivity contribution is 7.90. The van der Waals surface area contributed by atoms with Crippen LogP contribution >= 0.6 is 23.2 Å². The lowest BCUT2D eigenvalue weighted by Gasteiger charge is -2.40. The van der Waals surface area contributed by atoms with E-state index < -0.39 is 21.8 Å². The third kappa shape index (κ3) is 5.12. The van der Waals surface area contributed by atoms with Crippen LogP contribution in [0.25, 0.3) is 22.2 Å². The van der Waals surface area contributed by atoms with Crippen molar-refractivity contribution in [1.29, 1.82) is 5.26 Å². The number of nitriles is 1. The number of ether oxygens (including phenoxy) is 1. The van der Waals surface area contributed by atoms with Gasteiger partial charge >= 0.3 is 0 Å². The number of pyridine rings is 2. The molecule has 1 atom stereocenters. The van der Waals surface area contributed by atoms with Crippen LogP contribution in [0.3, 0.4) is 0 Å². The van der Waals surface area contributed by atoms with Crippen LogP contribution in [0.5, 0.6) is 5.75 Å². The first kappa shape index (κ1) is 26.2. The van der Waals surface area contributed by atoms with Gasteiger partial charge in [-0.2, -0.15) is 10.4 Å². The van der Waals surface area contributed by atoms with E-state index >= 15 is 0 Å². The van der Waals surface area contributed by atoms with Gasteiger partial charge in [-0.25, -0.2) is 17.8 Å². The fraction of sp³-hybridized carbons (Fsp3) is 0.280. The topological polar surface area (TPSA) is 125 Å². The maximum Gasteiger partial charge on any atom is 0.167 e. The van der Waals surface area contributed by atoms with Crippen molar-refractivity contribution >= 4 is 49.8 Å². The normalized spacial score (nSPS) is 14.8. The number of benzene rings is 1. The number of anilines is 1. The molecule has 0 radical (unpaired) electrons. The highest BCUT2D eigenvalue weighted by Crippen LogP contribution is 2.37. The second-order valence-electron chi connectivity index (χ2n) is 9.25. The number of rotatable bonds is 7. The molecule has 196 valence electrons. The summed E-state index contributed by atoms with van der Waals surface area (Å²) in [4.78, 5) is 10.3. The summed E-state index contributed by atoms with van der Waals surface area (Å²) in [7, 11) is -3.07. The summed E-state index contributed by atoms with van der Waals surface area (Å²) in [5, 5.41) is 18.1. The van der Waals surface area contributed by atoms with E-state index in [-0.39, 0.29) is 17.4 Å². The summed E-state index contributed by atoms with van der Waals surface area (Å²) in [5.41, 5.74) is 2.26. The molecule has 1 aliphatic heterocycles. The number of aromatic amines is 1. The van der Waals surface area contributed by atoms with Crippen molar-refractivity contribution in [3.05, 3.63) is 63.8 Å². The van der Waals surface area contributed by atoms with Crippen molar-refractivity contribution < 1.29 is 17.5 Å². The highest BCUT2D eigenvalue weighted by atomic mass is 35.5. The predicted molar refractivity (Wildman–Crippen MR) is 143 cm³/mol. The zero-order valence-electron chi connectivity index (χ0n) is 20.2. The SMILES string of the molecule is C[C@@H](Oc1cc2c(-c3cnc(N4CC(CS(C)(=O)=O)C4)c(C#N)c3)n[nH]c2cc1F)c1c(Cl)cncc1Cl. The first-order valence-electron chi connectivity index (χ1n) is 11.5. The minimum absolute atomic E-state index is 0.000856. The van der Waals surface area contributed by atoms with Crippen LogP contribution < -0.4 is 9.64 Å². The molecule has 0 bridgehead atoms. The van der Waals surface area contributed by atoms with Crippen LogP contribution in [0.4, 0.5) is 10.2 Å². The third-order valence-electron chi connectivity index (χ3n) is 6.27. The zero-order valence-corrected chi connectivity index (χ0v) is 22.6. The van der Waals surface area contributed by atoms with Crippen molar-refractivity contribution in [2.45, 2.75) is 13.0 Å². The van der Waals surface area contributed by atoms with Crippen molar-refractivity contribution in [3.63, 3.8) is 0 Å². The highest BCUT2D eigenvalue weighted by Gasteiger charge is 2.32. The van der Waals surface area contributed by atoms with Gasteiger partial charge < -0.3 is 9.64 Å². The van der Waals surface area contributed by atoms with Gasteiger partial charge in [0.2, 0.25) is 0 Å². The lowest BCUT2D eigenvalue weighted by molar-refractivity contribution is 0.217. The average molecular weight is 575 g/mol. The molecule has 9 nitrogen and oxygen atoms in total. The third-order valence-corrected chi connectivity index (χ3v) is 7.95. The summed E-state index contributed by atoms with van der Waals surface area (Å²) < 4.78 is 43.9. The molecule has 4 aromatic rings. The van der Waals surface area contributed by atoms with E-state index in [0.29, 0.717) is 62.2 Å².